The van der Waals surface area contributed by atoms with E-state index in [4.69, 9.17) is 9.84 Å². The number of hydrogen-bond donors (Lipinski definition) is 2. The van der Waals surface area contributed by atoms with E-state index in [0.717, 1.165) is 6.07 Å². The fourth-order valence-electron chi connectivity index (χ4n) is 1.81. The molecule has 0 spiro atoms. The number of benzene rings is 2. The Hall–Kier alpha value is -2.61. The average molecular weight is 339 g/mol. The van der Waals surface area contributed by atoms with Gasteiger partial charge < -0.3 is 9.84 Å². The number of nitrogens with one attached hydrogen (secondary N) is 1. The summed E-state index contributed by atoms with van der Waals surface area (Å²) < 4.78 is 44.9. The van der Waals surface area contributed by atoms with Crippen LogP contribution < -0.4 is 9.46 Å². The van der Waals surface area contributed by atoms with Crippen molar-refractivity contribution in [2.24, 2.45) is 0 Å². The van der Waals surface area contributed by atoms with Gasteiger partial charge in [-0.1, -0.05) is 0 Å². The van der Waals surface area contributed by atoms with E-state index in [2.05, 4.69) is 4.72 Å². The molecule has 0 radical (unpaired) electrons. The van der Waals surface area contributed by atoms with Crippen molar-refractivity contribution in [3.05, 3.63) is 53.8 Å². The van der Waals surface area contributed by atoms with Crippen molar-refractivity contribution in [2.75, 3.05) is 11.3 Å². The molecular formula is C15H14FNO5S. The molecule has 0 aliphatic rings. The van der Waals surface area contributed by atoms with Crippen LogP contribution in [0.15, 0.2) is 47.4 Å². The van der Waals surface area contributed by atoms with Crippen molar-refractivity contribution < 1.29 is 27.4 Å². The maximum absolute atomic E-state index is 13.0. The second-order valence-electron chi connectivity index (χ2n) is 4.72. The normalized spacial score (nSPS) is 11.0. The maximum Gasteiger partial charge on any atom is 0.341 e. The number of aliphatic carboxylic acids is 1. The van der Waals surface area contributed by atoms with Gasteiger partial charge >= 0.3 is 5.97 Å². The monoisotopic (exact) mass is 339 g/mol. The number of halogens is 1. The molecular weight excluding hydrogens is 325 g/mol. The van der Waals surface area contributed by atoms with E-state index in [1.807, 2.05) is 0 Å². The summed E-state index contributed by atoms with van der Waals surface area (Å²) in [6.07, 6.45) is 0. The smallest absolute Gasteiger partial charge is 0.341 e. The highest BCUT2D eigenvalue weighted by Gasteiger charge is 2.15. The Morgan fingerprint density at radius 2 is 1.87 bits per heavy atom. The molecule has 0 aliphatic heterocycles. The standard InChI is InChI=1S/C15H14FNO5S/c1-10-8-11(16)2-7-14(10)17-23(20,21)13-5-3-12(4-6-13)22-9-15(18)19/h2-8,17H,9H2,1H3,(H,18,19). The van der Waals surface area contributed by atoms with Crippen molar-refractivity contribution in [2.45, 2.75) is 11.8 Å². The predicted octanol–water partition coefficient (Wildman–Crippen LogP) is 2.40. The zero-order valence-corrected chi connectivity index (χ0v) is 12.9. The van der Waals surface area contributed by atoms with Crippen LogP contribution in [-0.2, 0) is 14.8 Å². The third-order valence-electron chi connectivity index (χ3n) is 2.93. The number of hydrogen-bond acceptors (Lipinski definition) is 4. The van der Waals surface area contributed by atoms with Crippen LogP contribution in [-0.4, -0.2) is 26.1 Å². The predicted molar refractivity (Wildman–Crippen MR) is 81.5 cm³/mol. The van der Waals surface area contributed by atoms with Crippen molar-refractivity contribution in [3.63, 3.8) is 0 Å². The van der Waals surface area contributed by atoms with Gasteiger partial charge in [0, 0.05) is 0 Å². The molecule has 122 valence electrons. The third kappa shape index (κ3) is 4.43. The van der Waals surface area contributed by atoms with Gasteiger partial charge in [-0.2, -0.15) is 0 Å². The summed E-state index contributed by atoms with van der Waals surface area (Å²) >= 11 is 0. The number of aryl methyl sites for hydroxylation is 1. The number of sulfonamides is 1. The van der Waals surface area contributed by atoms with E-state index >= 15 is 0 Å². The van der Waals surface area contributed by atoms with Gasteiger partial charge in [0.2, 0.25) is 0 Å². The zero-order valence-electron chi connectivity index (χ0n) is 12.1. The lowest BCUT2D eigenvalue weighted by Crippen LogP contribution is -2.14. The minimum Gasteiger partial charge on any atom is -0.482 e. The summed E-state index contributed by atoms with van der Waals surface area (Å²) in [7, 11) is -3.84. The molecule has 0 saturated carbocycles. The van der Waals surface area contributed by atoms with Crippen LogP contribution in [0.4, 0.5) is 10.1 Å². The summed E-state index contributed by atoms with van der Waals surface area (Å²) in [4.78, 5) is 10.4. The number of ether oxygens (including phenoxy) is 1. The summed E-state index contributed by atoms with van der Waals surface area (Å²) in [5.41, 5.74) is 0.729. The molecule has 6 nitrogen and oxygen atoms in total. The number of anilines is 1. The lowest BCUT2D eigenvalue weighted by Gasteiger charge is -2.11. The maximum atomic E-state index is 13.0. The van der Waals surface area contributed by atoms with E-state index in [-0.39, 0.29) is 16.3 Å². The highest BCUT2D eigenvalue weighted by molar-refractivity contribution is 7.92. The summed E-state index contributed by atoms with van der Waals surface area (Å²) in [5, 5.41) is 8.51. The second kappa shape index (κ2) is 6.66. The van der Waals surface area contributed by atoms with Crippen LogP contribution in [0.2, 0.25) is 0 Å². The van der Waals surface area contributed by atoms with Gasteiger partial charge in [-0.05, 0) is 55.0 Å². The summed E-state index contributed by atoms with van der Waals surface area (Å²) in [6, 6.07) is 9.02. The highest BCUT2D eigenvalue weighted by Crippen LogP contribution is 2.22. The number of carbonyl (C=O) groups is 1. The Kier molecular flexibility index (Phi) is 4.85. The Bertz CT molecular complexity index is 818. The average Bonchev–Trinajstić information content (AvgIpc) is 2.48. The van der Waals surface area contributed by atoms with Crippen LogP contribution in [0.3, 0.4) is 0 Å². The molecule has 2 aromatic rings. The Labute approximate surface area is 132 Å². The van der Waals surface area contributed by atoms with E-state index in [0.29, 0.717) is 5.56 Å². The molecule has 0 bridgehead atoms. The van der Waals surface area contributed by atoms with Crippen molar-refractivity contribution >= 4 is 21.7 Å². The van der Waals surface area contributed by atoms with E-state index < -0.39 is 28.4 Å². The highest BCUT2D eigenvalue weighted by atomic mass is 32.2. The van der Waals surface area contributed by atoms with Gasteiger partial charge in [0.05, 0.1) is 10.6 Å². The van der Waals surface area contributed by atoms with Crippen LogP contribution in [0.25, 0.3) is 0 Å². The molecule has 0 atom stereocenters. The Morgan fingerprint density at radius 3 is 2.43 bits per heavy atom. The molecule has 0 aliphatic carbocycles. The first kappa shape index (κ1) is 16.8. The summed E-state index contributed by atoms with van der Waals surface area (Å²) in [6.45, 7) is 1.07. The SMILES string of the molecule is Cc1cc(F)ccc1NS(=O)(=O)c1ccc(OCC(=O)O)cc1. The molecule has 0 saturated heterocycles. The van der Waals surface area contributed by atoms with Gasteiger partial charge in [-0.25, -0.2) is 17.6 Å². The van der Waals surface area contributed by atoms with Crippen molar-refractivity contribution in [1.29, 1.82) is 0 Å². The third-order valence-corrected chi connectivity index (χ3v) is 4.31. The largest absolute Gasteiger partial charge is 0.482 e. The Morgan fingerprint density at radius 1 is 1.22 bits per heavy atom. The molecule has 23 heavy (non-hydrogen) atoms. The number of carboxylic acids is 1. The molecule has 2 aromatic carbocycles. The molecule has 0 fully saturated rings. The fourth-order valence-corrected chi connectivity index (χ4v) is 2.94. The van der Waals surface area contributed by atoms with Crippen LogP contribution in [0, 0.1) is 12.7 Å². The molecule has 2 N–H and O–H groups in total. The van der Waals surface area contributed by atoms with Gasteiger partial charge in [0.25, 0.3) is 10.0 Å². The van der Waals surface area contributed by atoms with Crippen LogP contribution in [0.5, 0.6) is 5.75 Å². The number of rotatable bonds is 6. The van der Waals surface area contributed by atoms with Crippen molar-refractivity contribution in [1.82, 2.24) is 0 Å². The molecule has 2 rings (SSSR count). The van der Waals surface area contributed by atoms with Gasteiger partial charge in [0.15, 0.2) is 6.61 Å². The van der Waals surface area contributed by atoms with Gasteiger partial charge in [-0.15, -0.1) is 0 Å². The fraction of sp³-hybridized carbons (Fsp3) is 0.133. The Balaban J connectivity index is 2.17. The van der Waals surface area contributed by atoms with E-state index in [1.165, 1.54) is 36.4 Å². The lowest BCUT2D eigenvalue weighted by atomic mass is 10.2. The molecule has 0 aromatic heterocycles. The summed E-state index contributed by atoms with van der Waals surface area (Å²) in [5.74, 6) is -1.34. The van der Waals surface area contributed by atoms with Crippen molar-refractivity contribution in [3.8, 4) is 5.75 Å². The topological polar surface area (TPSA) is 92.7 Å². The minimum absolute atomic E-state index is 0.0242. The van der Waals surface area contributed by atoms with Crippen LogP contribution in [0.1, 0.15) is 5.56 Å². The second-order valence-corrected chi connectivity index (χ2v) is 6.40. The lowest BCUT2D eigenvalue weighted by molar-refractivity contribution is -0.139. The van der Waals surface area contributed by atoms with E-state index in [9.17, 15) is 17.6 Å². The van der Waals surface area contributed by atoms with Crippen LogP contribution >= 0.6 is 0 Å². The quantitative estimate of drug-likeness (QED) is 0.843. The van der Waals surface area contributed by atoms with Gasteiger partial charge in [0.1, 0.15) is 11.6 Å². The van der Waals surface area contributed by atoms with E-state index in [1.54, 1.807) is 6.92 Å². The zero-order chi connectivity index (χ0) is 17.0. The first-order valence-corrected chi connectivity index (χ1v) is 8.00. The minimum atomic E-state index is -3.84. The molecule has 8 heteroatoms. The first-order valence-electron chi connectivity index (χ1n) is 6.51. The number of carboxylic acid groups (broad SMARTS) is 1. The molecule has 0 heterocycles. The first-order chi connectivity index (χ1) is 10.8. The molecule has 0 amide bonds. The molecule has 0 unspecified atom stereocenters. The van der Waals surface area contributed by atoms with Gasteiger partial charge in [-0.3, -0.25) is 4.72 Å².